The number of ether oxygens (including phenoxy) is 2. The van der Waals surface area contributed by atoms with E-state index in [9.17, 15) is 4.39 Å². The van der Waals surface area contributed by atoms with Gasteiger partial charge in [0, 0.05) is 19.2 Å². The molecule has 0 aromatic heterocycles. The maximum Gasteiger partial charge on any atom is 0.134 e. The van der Waals surface area contributed by atoms with Crippen molar-refractivity contribution in [1.82, 2.24) is 5.32 Å². The highest BCUT2D eigenvalue weighted by Gasteiger charge is 2.16. The second kappa shape index (κ2) is 6.87. The van der Waals surface area contributed by atoms with Crippen LogP contribution >= 0.6 is 0 Å². The van der Waals surface area contributed by atoms with Gasteiger partial charge in [-0.05, 0) is 51.5 Å². The minimum Gasteiger partial charge on any atom is -0.486 e. The Hall–Kier alpha value is -1.13. The van der Waals surface area contributed by atoms with E-state index in [-0.39, 0.29) is 17.5 Å². The van der Waals surface area contributed by atoms with Crippen LogP contribution in [-0.4, -0.2) is 31.9 Å². The first-order valence-electron chi connectivity index (χ1n) is 6.48. The summed E-state index contributed by atoms with van der Waals surface area (Å²) in [5.41, 5.74) is 0.810. The minimum absolute atomic E-state index is 0.0210. The lowest BCUT2D eigenvalue weighted by molar-refractivity contribution is 0.0760. The van der Waals surface area contributed by atoms with E-state index >= 15 is 0 Å². The SMILES string of the molecule is COCC(CNC(C)(C)C)Oc1ccc(F)cc1C. The summed E-state index contributed by atoms with van der Waals surface area (Å²) in [5, 5.41) is 3.38. The predicted molar refractivity (Wildman–Crippen MR) is 75.2 cm³/mol. The highest BCUT2D eigenvalue weighted by molar-refractivity contribution is 5.32. The zero-order valence-electron chi connectivity index (χ0n) is 12.4. The highest BCUT2D eigenvalue weighted by Crippen LogP contribution is 2.20. The Labute approximate surface area is 115 Å². The summed E-state index contributed by atoms with van der Waals surface area (Å²) in [7, 11) is 1.64. The van der Waals surface area contributed by atoms with Crippen LogP contribution in [0.4, 0.5) is 4.39 Å². The molecular formula is C15H24FNO2. The van der Waals surface area contributed by atoms with Crippen molar-refractivity contribution in [2.45, 2.75) is 39.3 Å². The number of hydrogen-bond acceptors (Lipinski definition) is 3. The van der Waals surface area contributed by atoms with Gasteiger partial charge in [0.05, 0.1) is 6.61 Å². The van der Waals surface area contributed by atoms with Crippen molar-refractivity contribution in [3.63, 3.8) is 0 Å². The van der Waals surface area contributed by atoms with E-state index in [1.807, 2.05) is 6.92 Å². The molecule has 1 N–H and O–H groups in total. The molecule has 0 bridgehead atoms. The number of rotatable bonds is 6. The van der Waals surface area contributed by atoms with Gasteiger partial charge in [-0.25, -0.2) is 4.39 Å². The molecule has 0 saturated carbocycles. The van der Waals surface area contributed by atoms with Crippen LogP contribution in [0.3, 0.4) is 0 Å². The van der Waals surface area contributed by atoms with E-state index in [1.54, 1.807) is 13.2 Å². The third kappa shape index (κ3) is 6.03. The molecule has 0 spiro atoms. The number of hydrogen-bond donors (Lipinski definition) is 1. The number of methoxy groups -OCH3 is 1. The Morgan fingerprint density at radius 3 is 2.53 bits per heavy atom. The van der Waals surface area contributed by atoms with Gasteiger partial charge in [-0.15, -0.1) is 0 Å². The van der Waals surface area contributed by atoms with Crippen molar-refractivity contribution >= 4 is 0 Å². The van der Waals surface area contributed by atoms with Gasteiger partial charge in [0.15, 0.2) is 0 Å². The molecule has 1 aromatic carbocycles. The van der Waals surface area contributed by atoms with E-state index in [0.29, 0.717) is 18.9 Å². The molecule has 0 amide bonds. The largest absolute Gasteiger partial charge is 0.486 e. The lowest BCUT2D eigenvalue weighted by Gasteiger charge is -2.26. The summed E-state index contributed by atoms with van der Waals surface area (Å²) in [4.78, 5) is 0. The van der Waals surface area contributed by atoms with Crippen LogP contribution in [0.1, 0.15) is 26.3 Å². The van der Waals surface area contributed by atoms with Gasteiger partial charge in [0.2, 0.25) is 0 Å². The average molecular weight is 269 g/mol. The lowest BCUT2D eigenvalue weighted by atomic mass is 10.1. The molecule has 0 saturated heterocycles. The predicted octanol–water partition coefficient (Wildman–Crippen LogP) is 2.92. The molecule has 0 aliphatic rings. The third-order valence-corrected chi connectivity index (χ3v) is 2.64. The first-order valence-corrected chi connectivity index (χ1v) is 6.48. The fourth-order valence-corrected chi connectivity index (χ4v) is 1.67. The Morgan fingerprint density at radius 1 is 1.32 bits per heavy atom. The van der Waals surface area contributed by atoms with Gasteiger partial charge < -0.3 is 14.8 Å². The molecule has 0 aliphatic heterocycles. The van der Waals surface area contributed by atoms with Crippen LogP contribution in [0.25, 0.3) is 0 Å². The van der Waals surface area contributed by atoms with Crippen molar-refractivity contribution in [1.29, 1.82) is 0 Å². The molecule has 4 heteroatoms. The number of nitrogens with one attached hydrogen (secondary N) is 1. The molecule has 19 heavy (non-hydrogen) atoms. The molecule has 1 rings (SSSR count). The van der Waals surface area contributed by atoms with E-state index in [4.69, 9.17) is 9.47 Å². The monoisotopic (exact) mass is 269 g/mol. The van der Waals surface area contributed by atoms with Crippen molar-refractivity contribution in [2.24, 2.45) is 0 Å². The van der Waals surface area contributed by atoms with Crippen LogP contribution in [0, 0.1) is 12.7 Å². The minimum atomic E-state index is -0.249. The summed E-state index contributed by atoms with van der Waals surface area (Å²) in [6, 6.07) is 4.53. The van der Waals surface area contributed by atoms with Crippen LogP contribution in [0.15, 0.2) is 18.2 Å². The first kappa shape index (κ1) is 15.9. The van der Waals surface area contributed by atoms with Crippen LogP contribution in [0.2, 0.25) is 0 Å². The van der Waals surface area contributed by atoms with Gasteiger partial charge in [-0.2, -0.15) is 0 Å². The summed E-state index contributed by atoms with van der Waals surface area (Å²) >= 11 is 0. The zero-order chi connectivity index (χ0) is 14.5. The van der Waals surface area contributed by atoms with E-state index in [0.717, 1.165) is 5.56 Å². The van der Waals surface area contributed by atoms with Crippen LogP contribution in [0.5, 0.6) is 5.75 Å². The van der Waals surface area contributed by atoms with Crippen molar-refractivity contribution in [3.05, 3.63) is 29.6 Å². The molecule has 0 fully saturated rings. The van der Waals surface area contributed by atoms with Gasteiger partial charge in [-0.1, -0.05) is 0 Å². The average Bonchev–Trinajstić information content (AvgIpc) is 2.28. The Morgan fingerprint density at radius 2 is 2.00 bits per heavy atom. The summed E-state index contributed by atoms with van der Waals surface area (Å²) in [5.74, 6) is 0.445. The molecule has 0 heterocycles. The summed E-state index contributed by atoms with van der Waals surface area (Å²) in [6.45, 7) is 9.29. The maximum atomic E-state index is 13.0. The number of aryl methyl sites for hydroxylation is 1. The van der Waals surface area contributed by atoms with Crippen molar-refractivity contribution in [2.75, 3.05) is 20.3 Å². The third-order valence-electron chi connectivity index (χ3n) is 2.64. The molecule has 1 unspecified atom stereocenters. The Kier molecular flexibility index (Phi) is 5.76. The zero-order valence-corrected chi connectivity index (χ0v) is 12.4. The van der Waals surface area contributed by atoms with Crippen molar-refractivity contribution in [3.8, 4) is 5.75 Å². The van der Waals surface area contributed by atoms with Gasteiger partial charge >= 0.3 is 0 Å². The first-order chi connectivity index (χ1) is 8.81. The lowest BCUT2D eigenvalue weighted by Crippen LogP contribution is -2.44. The quantitative estimate of drug-likeness (QED) is 0.861. The second-order valence-electron chi connectivity index (χ2n) is 5.74. The smallest absolute Gasteiger partial charge is 0.134 e. The molecule has 0 aliphatic carbocycles. The normalized spacial score (nSPS) is 13.4. The maximum absolute atomic E-state index is 13.0. The van der Waals surface area contributed by atoms with Gasteiger partial charge in [0.25, 0.3) is 0 Å². The van der Waals surface area contributed by atoms with Crippen LogP contribution < -0.4 is 10.1 Å². The Balaban J connectivity index is 2.67. The standard InChI is InChI=1S/C15H24FNO2/c1-11-8-12(16)6-7-14(11)19-13(10-18-5)9-17-15(2,3)4/h6-8,13,17H,9-10H2,1-5H3. The molecule has 1 atom stereocenters. The van der Waals surface area contributed by atoms with Crippen LogP contribution in [-0.2, 0) is 4.74 Å². The molecule has 3 nitrogen and oxygen atoms in total. The Bertz CT molecular complexity index is 402. The molecule has 0 radical (unpaired) electrons. The van der Waals surface area contributed by atoms with E-state index in [2.05, 4.69) is 26.1 Å². The van der Waals surface area contributed by atoms with E-state index in [1.165, 1.54) is 12.1 Å². The number of benzene rings is 1. The van der Waals surface area contributed by atoms with Crippen molar-refractivity contribution < 1.29 is 13.9 Å². The topological polar surface area (TPSA) is 30.5 Å². The summed E-state index contributed by atoms with van der Waals surface area (Å²) in [6.07, 6.45) is -0.103. The summed E-state index contributed by atoms with van der Waals surface area (Å²) < 4.78 is 24.1. The molecule has 1 aromatic rings. The van der Waals surface area contributed by atoms with Gasteiger partial charge in [0.1, 0.15) is 17.7 Å². The number of halogens is 1. The van der Waals surface area contributed by atoms with E-state index < -0.39 is 0 Å². The molecular weight excluding hydrogens is 245 g/mol. The second-order valence-corrected chi connectivity index (χ2v) is 5.74. The highest BCUT2D eigenvalue weighted by atomic mass is 19.1. The fourth-order valence-electron chi connectivity index (χ4n) is 1.67. The fraction of sp³-hybridized carbons (Fsp3) is 0.600. The molecule has 108 valence electrons. The van der Waals surface area contributed by atoms with Gasteiger partial charge in [-0.3, -0.25) is 0 Å².